The molecule has 0 saturated heterocycles. The molecule has 0 aliphatic heterocycles. The molecule has 0 aromatic heterocycles. The second kappa shape index (κ2) is 7.44. The number of carbonyl (C=O) groups excluding carboxylic acids is 1. The van der Waals surface area contributed by atoms with Crippen molar-refractivity contribution in [2.75, 3.05) is 12.9 Å². The summed E-state index contributed by atoms with van der Waals surface area (Å²) in [5.41, 5.74) is 0.765. The van der Waals surface area contributed by atoms with Gasteiger partial charge in [-0.1, -0.05) is 18.2 Å². The Hall–Kier alpha value is -2.41. The number of hydrogen-bond acceptors (Lipinski definition) is 4. The molecule has 2 aromatic carbocycles. The van der Waals surface area contributed by atoms with E-state index in [0.29, 0.717) is 0 Å². The lowest BCUT2D eigenvalue weighted by atomic mass is 10.1. The summed E-state index contributed by atoms with van der Waals surface area (Å²) < 4.78 is 41.1. The molecule has 0 unspecified atom stereocenters. The number of sulfone groups is 1. The smallest absolute Gasteiger partial charge is 0.258 e. The van der Waals surface area contributed by atoms with E-state index in [1.165, 1.54) is 30.3 Å². The Morgan fingerprint density at radius 2 is 1.88 bits per heavy atom. The van der Waals surface area contributed by atoms with Gasteiger partial charge >= 0.3 is 0 Å². The Kier molecular flexibility index (Phi) is 5.56. The third-order valence-corrected chi connectivity index (χ3v) is 4.48. The Morgan fingerprint density at radius 3 is 2.46 bits per heavy atom. The molecule has 0 bridgehead atoms. The van der Waals surface area contributed by atoms with E-state index in [1.54, 1.807) is 25.1 Å². The van der Waals surface area contributed by atoms with E-state index in [2.05, 4.69) is 5.32 Å². The van der Waals surface area contributed by atoms with Crippen LogP contribution in [0.4, 0.5) is 4.39 Å². The number of halogens is 1. The van der Waals surface area contributed by atoms with Gasteiger partial charge in [-0.25, -0.2) is 12.8 Å². The number of nitrogens with one attached hydrogen (secondary N) is 1. The van der Waals surface area contributed by atoms with E-state index in [4.69, 9.17) is 4.74 Å². The first-order valence-corrected chi connectivity index (χ1v) is 9.12. The second-order valence-corrected chi connectivity index (χ2v) is 7.39. The summed E-state index contributed by atoms with van der Waals surface area (Å²) in [6.45, 7) is 1.53. The van der Waals surface area contributed by atoms with Crippen LogP contribution in [0.3, 0.4) is 0 Å². The van der Waals surface area contributed by atoms with Crippen LogP contribution in [-0.4, -0.2) is 27.2 Å². The van der Waals surface area contributed by atoms with E-state index in [-0.39, 0.29) is 29.2 Å². The summed E-state index contributed by atoms with van der Waals surface area (Å²) in [4.78, 5) is 12.1. The van der Waals surface area contributed by atoms with Gasteiger partial charge in [0.25, 0.3) is 5.91 Å². The van der Waals surface area contributed by atoms with Crippen LogP contribution in [0.5, 0.6) is 5.75 Å². The van der Waals surface area contributed by atoms with Gasteiger partial charge in [0, 0.05) is 12.3 Å². The van der Waals surface area contributed by atoms with Crippen LogP contribution in [-0.2, 0) is 14.6 Å². The van der Waals surface area contributed by atoms with E-state index < -0.39 is 15.7 Å². The number of benzene rings is 2. The molecule has 1 N–H and O–H groups in total. The molecular weight excluding hydrogens is 333 g/mol. The Bertz CT molecular complexity index is 819. The first-order valence-electron chi connectivity index (χ1n) is 7.23. The van der Waals surface area contributed by atoms with Gasteiger partial charge in [0.05, 0.1) is 10.9 Å². The van der Waals surface area contributed by atoms with Gasteiger partial charge in [0.2, 0.25) is 0 Å². The lowest BCUT2D eigenvalue weighted by Gasteiger charge is -2.15. The lowest BCUT2D eigenvalue weighted by Crippen LogP contribution is -2.31. The Balaban J connectivity index is 1.91. The van der Waals surface area contributed by atoms with Gasteiger partial charge in [-0.3, -0.25) is 4.79 Å². The van der Waals surface area contributed by atoms with Crippen molar-refractivity contribution in [1.29, 1.82) is 0 Å². The molecule has 7 heteroatoms. The molecule has 24 heavy (non-hydrogen) atoms. The quantitative estimate of drug-likeness (QED) is 0.868. The molecule has 128 valence electrons. The standard InChI is InChI=1S/C17H18FNO4S/c1-12(13-6-8-16(9-7-13)24(2,21)22)19-17(20)11-23-15-5-3-4-14(18)10-15/h3-10,12H,11H2,1-2H3,(H,19,20)/t12-/m0/s1. The van der Waals surface area contributed by atoms with Gasteiger partial charge in [0.1, 0.15) is 11.6 Å². The molecule has 2 aromatic rings. The topological polar surface area (TPSA) is 72.5 Å². The van der Waals surface area contributed by atoms with Crippen LogP contribution < -0.4 is 10.1 Å². The molecule has 2 rings (SSSR count). The van der Waals surface area contributed by atoms with Gasteiger partial charge in [-0.2, -0.15) is 0 Å². The SMILES string of the molecule is C[C@H](NC(=O)COc1cccc(F)c1)c1ccc(S(C)(=O)=O)cc1. The zero-order valence-corrected chi connectivity index (χ0v) is 14.1. The van der Waals surface area contributed by atoms with Crippen molar-refractivity contribution in [3.8, 4) is 5.75 Å². The molecule has 0 aliphatic rings. The van der Waals surface area contributed by atoms with Gasteiger partial charge in [0.15, 0.2) is 16.4 Å². The maximum atomic E-state index is 13.0. The van der Waals surface area contributed by atoms with Crippen LogP contribution in [0.2, 0.25) is 0 Å². The zero-order chi connectivity index (χ0) is 17.7. The van der Waals surface area contributed by atoms with Crippen molar-refractivity contribution in [2.24, 2.45) is 0 Å². The van der Waals surface area contributed by atoms with Crippen molar-refractivity contribution >= 4 is 15.7 Å². The number of hydrogen-bond donors (Lipinski definition) is 1. The molecule has 0 radical (unpaired) electrons. The Morgan fingerprint density at radius 1 is 1.21 bits per heavy atom. The number of ether oxygens (including phenoxy) is 1. The van der Waals surface area contributed by atoms with E-state index in [1.807, 2.05) is 0 Å². The lowest BCUT2D eigenvalue weighted by molar-refractivity contribution is -0.123. The summed E-state index contributed by atoms with van der Waals surface area (Å²) in [6, 6.07) is 11.5. The van der Waals surface area contributed by atoms with Crippen LogP contribution in [0.1, 0.15) is 18.5 Å². The normalized spacial score (nSPS) is 12.5. The Labute approximate surface area is 140 Å². The first kappa shape index (κ1) is 17.9. The third-order valence-electron chi connectivity index (χ3n) is 3.35. The van der Waals surface area contributed by atoms with Gasteiger partial charge < -0.3 is 10.1 Å². The highest BCUT2D eigenvalue weighted by atomic mass is 32.2. The van der Waals surface area contributed by atoms with Crippen molar-refractivity contribution < 1.29 is 22.3 Å². The summed E-state index contributed by atoms with van der Waals surface area (Å²) in [7, 11) is -3.25. The molecule has 0 saturated carbocycles. The predicted octanol–water partition coefficient (Wildman–Crippen LogP) is 2.49. The fourth-order valence-corrected chi connectivity index (χ4v) is 2.71. The van der Waals surface area contributed by atoms with E-state index in [0.717, 1.165) is 11.8 Å². The summed E-state index contributed by atoms with van der Waals surface area (Å²) in [6.07, 6.45) is 1.14. The minimum absolute atomic E-state index is 0.221. The zero-order valence-electron chi connectivity index (χ0n) is 13.3. The largest absolute Gasteiger partial charge is 0.484 e. The number of amides is 1. The fourth-order valence-electron chi connectivity index (χ4n) is 2.08. The highest BCUT2D eigenvalue weighted by molar-refractivity contribution is 7.90. The molecule has 1 amide bonds. The molecule has 1 atom stereocenters. The maximum Gasteiger partial charge on any atom is 0.258 e. The predicted molar refractivity (Wildman–Crippen MR) is 88.0 cm³/mol. The molecule has 0 heterocycles. The molecule has 0 aliphatic carbocycles. The third kappa shape index (κ3) is 5.06. The second-order valence-electron chi connectivity index (χ2n) is 5.38. The number of carbonyl (C=O) groups is 1. The first-order chi connectivity index (χ1) is 11.3. The molecule has 5 nitrogen and oxygen atoms in total. The monoisotopic (exact) mass is 351 g/mol. The van der Waals surface area contributed by atoms with Crippen molar-refractivity contribution in [1.82, 2.24) is 5.32 Å². The average molecular weight is 351 g/mol. The van der Waals surface area contributed by atoms with Crippen molar-refractivity contribution in [2.45, 2.75) is 17.9 Å². The van der Waals surface area contributed by atoms with Gasteiger partial charge in [-0.05, 0) is 36.8 Å². The van der Waals surface area contributed by atoms with E-state index >= 15 is 0 Å². The minimum atomic E-state index is -3.25. The average Bonchev–Trinajstić information content (AvgIpc) is 2.52. The van der Waals surface area contributed by atoms with Gasteiger partial charge in [-0.15, -0.1) is 0 Å². The summed E-state index contributed by atoms with van der Waals surface area (Å²) in [5.74, 6) is -0.526. The molecular formula is C17H18FNO4S. The highest BCUT2D eigenvalue weighted by Gasteiger charge is 2.12. The summed E-state index contributed by atoms with van der Waals surface area (Å²) in [5, 5.41) is 2.73. The van der Waals surface area contributed by atoms with Crippen LogP contribution in [0, 0.1) is 5.82 Å². The van der Waals surface area contributed by atoms with Crippen LogP contribution in [0.25, 0.3) is 0 Å². The molecule has 0 fully saturated rings. The molecule has 0 spiro atoms. The highest BCUT2D eigenvalue weighted by Crippen LogP contribution is 2.16. The van der Waals surface area contributed by atoms with E-state index in [9.17, 15) is 17.6 Å². The maximum absolute atomic E-state index is 13.0. The van der Waals surface area contributed by atoms with Crippen LogP contribution in [0.15, 0.2) is 53.4 Å². The summed E-state index contributed by atoms with van der Waals surface area (Å²) >= 11 is 0. The minimum Gasteiger partial charge on any atom is -0.484 e. The fraction of sp³-hybridized carbons (Fsp3) is 0.235. The van der Waals surface area contributed by atoms with Crippen molar-refractivity contribution in [3.63, 3.8) is 0 Å². The number of rotatable bonds is 6. The van der Waals surface area contributed by atoms with Crippen LogP contribution >= 0.6 is 0 Å². The van der Waals surface area contributed by atoms with Crippen molar-refractivity contribution in [3.05, 3.63) is 59.9 Å².